The largest absolute Gasteiger partial charge is 0.343 e. The average Bonchev–Trinajstić information content (AvgIpc) is 3.10. The number of hydrogen-bond acceptors (Lipinski definition) is 4. The smallest absolute Gasteiger partial charge is 0.254 e. The van der Waals surface area contributed by atoms with Gasteiger partial charge in [0.2, 0.25) is 5.91 Å². The maximum atomic E-state index is 13.6. The van der Waals surface area contributed by atoms with Gasteiger partial charge in [0.1, 0.15) is 11.6 Å². The van der Waals surface area contributed by atoms with Crippen LogP contribution in [0.3, 0.4) is 0 Å². The van der Waals surface area contributed by atoms with Crippen molar-refractivity contribution in [3.8, 4) is 0 Å². The summed E-state index contributed by atoms with van der Waals surface area (Å²) in [5, 5.41) is 5.72. The Labute approximate surface area is 145 Å². The van der Waals surface area contributed by atoms with E-state index in [1.54, 1.807) is 4.90 Å². The zero-order valence-electron chi connectivity index (χ0n) is 13.9. The molecule has 136 valence electrons. The first-order chi connectivity index (χ1) is 12.0. The maximum Gasteiger partial charge on any atom is 0.254 e. The van der Waals surface area contributed by atoms with E-state index >= 15 is 0 Å². The van der Waals surface area contributed by atoms with Gasteiger partial charge < -0.3 is 15.5 Å². The number of benzene rings is 1. The van der Waals surface area contributed by atoms with Crippen molar-refractivity contribution in [2.75, 3.05) is 45.8 Å². The molecule has 0 aromatic heterocycles. The zero-order chi connectivity index (χ0) is 17.8. The van der Waals surface area contributed by atoms with E-state index in [1.165, 1.54) is 0 Å². The Hall–Kier alpha value is -2.06. The van der Waals surface area contributed by atoms with Crippen molar-refractivity contribution in [2.24, 2.45) is 0 Å². The molecule has 3 rings (SSSR count). The molecule has 0 aliphatic carbocycles. The fourth-order valence-electron chi connectivity index (χ4n) is 3.35. The summed E-state index contributed by atoms with van der Waals surface area (Å²) in [5.41, 5.74) is -0.269. The number of carbonyl (C=O) groups is 2. The summed E-state index contributed by atoms with van der Waals surface area (Å²) in [7, 11) is 0. The lowest BCUT2D eigenvalue weighted by Gasteiger charge is -2.32. The van der Waals surface area contributed by atoms with E-state index in [0.717, 1.165) is 44.7 Å². The molecule has 0 saturated carbocycles. The van der Waals surface area contributed by atoms with Gasteiger partial charge in [-0.1, -0.05) is 0 Å². The van der Waals surface area contributed by atoms with Crippen LogP contribution in [0.2, 0.25) is 0 Å². The molecule has 2 saturated heterocycles. The number of carbonyl (C=O) groups excluding carboxylic acids is 2. The van der Waals surface area contributed by atoms with Crippen LogP contribution in [-0.2, 0) is 4.79 Å². The predicted octanol–water partition coefficient (Wildman–Crippen LogP) is 0.201. The molecule has 0 spiro atoms. The predicted molar refractivity (Wildman–Crippen MR) is 88.1 cm³/mol. The molecule has 0 radical (unpaired) electrons. The number of nitrogens with one attached hydrogen (secondary N) is 2. The molecule has 2 aliphatic rings. The van der Waals surface area contributed by atoms with Crippen LogP contribution in [0.1, 0.15) is 16.8 Å². The van der Waals surface area contributed by atoms with Gasteiger partial charge >= 0.3 is 0 Å². The van der Waals surface area contributed by atoms with Crippen molar-refractivity contribution in [3.63, 3.8) is 0 Å². The van der Waals surface area contributed by atoms with Gasteiger partial charge in [-0.25, -0.2) is 8.78 Å². The molecule has 8 heteroatoms. The third-order valence-electron chi connectivity index (χ3n) is 4.76. The van der Waals surface area contributed by atoms with Gasteiger partial charge in [-0.2, -0.15) is 0 Å². The Morgan fingerprint density at radius 2 is 1.96 bits per heavy atom. The summed E-state index contributed by atoms with van der Waals surface area (Å²) < 4.78 is 26.5. The van der Waals surface area contributed by atoms with E-state index in [4.69, 9.17) is 0 Å². The fourth-order valence-corrected chi connectivity index (χ4v) is 3.35. The van der Waals surface area contributed by atoms with E-state index in [1.807, 2.05) is 0 Å². The molecule has 25 heavy (non-hydrogen) atoms. The molecule has 1 atom stereocenters. The van der Waals surface area contributed by atoms with Crippen LogP contribution in [-0.4, -0.2) is 73.5 Å². The summed E-state index contributed by atoms with van der Waals surface area (Å²) in [5.74, 6) is -2.59. The third kappa shape index (κ3) is 4.32. The number of nitrogens with zero attached hydrogens (tertiary/aromatic N) is 2. The number of rotatable bonds is 4. The highest BCUT2D eigenvalue weighted by Crippen LogP contribution is 2.16. The number of halogens is 2. The first-order valence-corrected chi connectivity index (χ1v) is 8.50. The molecule has 1 unspecified atom stereocenters. The molecule has 6 nitrogen and oxygen atoms in total. The lowest BCUT2D eigenvalue weighted by atomic mass is 10.2. The highest BCUT2D eigenvalue weighted by molar-refractivity contribution is 5.96. The van der Waals surface area contributed by atoms with Gasteiger partial charge in [0.15, 0.2) is 0 Å². The average molecular weight is 352 g/mol. The van der Waals surface area contributed by atoms with Crippen LogP contribution in [0.4, 0.5) is 8.78 Å². The van der Waals surface area contributed by atoms with Gasteiger partial charge in [0.05, 0.1) is 12.1 Å². The van der Waals surface area contributed by atoms with Gasteiger partial charge in [-0.05, 0) is 18.6 Å². The van der Waals surface area contributed by atoms with Crippen LogP contribution in [0.5, 0.6) is 0 Å². The number of hydrogen-bond donors (Lipinski definition) is 2. The lowest BCUT2D eigenvalue weighted by molar-refractivity contribution is -0.129. The molecule has 2 amide bonds. The topological polar surface area (TPSA) is 64.7 Å². The van der Waals surface area contributed by atoms with Crippen molar-refractivity contribution >= 4 is 11.8 Å². The van der Waals surface area contributed by atoms with Crippen LogP contribution in [0.15, 0.2) is 18.2 Å². The Morgan fingerprint density at radius 3 is 2.68 bits per heavy atom. The second-order valence-electron chi connectivity index (χ2n) is 6.38. The van der Waals surface area contributed by atoms with Crippen LogP contribution >= 0.6 is 0 Å². The Bertz CT molecular complexity index is 650. The van der Waals surface area contributed by atoms with Gasteiger partial charge in [0, 0.05) is 51.4 Å². The van der Waals surface area contributed by atoms with Crippen molar-refractivity contribution < 1.29 is 18.4 Å². The van der Waals surface area contributed by atoms with E-state index in [9.17, 15) is 18.4 Å². The summed E-state index contributed by atoms with van der Waals surface area (Å²) in [6.07, 6.45) is 0.923. The van der Waals surface area contributed by atoms with Gasteiger partial charge in [0.25, 0.3) is 5.91 Å². The van der Waals surface area contributed by atoms with E-state index in [2.05, 4.69) is 15.5 Å². The minimum atomic E-state index is -0.940. The number of amides is 2. The molecule has 2 heterocycles. The molecular formula is C17H22F2N4O2. The molecule has 2 aliphatic heterocycles. The van der Waals surface area contributed by atoms with E-state index in [-0.39, 0.29) is 18.0 Å². The number of likely N-dealkylation sites (tertiary alicyclic amines) is 1. The third-order valence-corrected chi connectivity index (χ3v) is 4.76. The Morgan fingerprint density at radius 1 is 1.20 bits per heavy atom. The normalized spacial score (nSPS) is 21.4. The summed E-state index contributed by atoms with van der Waals surface area (Å²) in [4.78, 5) is 28.3. The van der Waals surface area contributed by atoms with Gasteiger partial charge in [-0.15, -0.1) is 0 Å². The van der Waals surface area contributed by atoms with E-state index < -0.39 is 17.5 Å². The van der Waals surface area contributed by atoms with E-state index in [0.29, 0.717) is 25.2 Å². The molecule has 1 aromatic carbocycles. The van der Waals surface area contributed by atoms with Crippen LogP contribution < -0.4 is 10.6 Å². The minimum absolute atomic E-state index is 0.187. The first-order valence-electron chi connectivity index (χ1n) is 8.50. The standard InChI is InChI=1S/C17H22F2N4O2/c18-12-1-2-14(15(19)9-12)17(25)21-10-16(24)23-6-3-13(11-23)22-7-4-20-5-8-22/h1-2,9,13,20H,3-8,10-11H2,(H,21,25). The Kier molecular flexibility index (Phi) is 5.60. The maximum absolute atomic E-state index is 13.6. The highest BCUT2D eigenvalue weighted by Gasteiger charge is 2.30. The van der Waals surface area contributed by atoms with Gasteiger partial charge in [-0.3, -0.25) is 14.5 Å². The fraction of sp³-hybridized carbons (Fsp3) is 0.529. The highest BCUT2D eigenvalue weighted by atomic mass is 19.1. The summed E-state index contributed by atoms with van der Waals surface area (Å²) >= 11 is 0. The Balaban J connectivity index is 1.48. The monoisotopic (exact) mass is 352 g/mol. The van der Waals surface area contributed by atoms with Crippen molar-refractivity contribution in [1.82, 2.24) is 20.4 Å². The van der Waals surface area contributed by atoms with Crippen LogP contribution in [0, 0.1) is 11.6 Å². The quantitative estimate of drug-likeness (QED) is 0.813. The van der Waals surface area contributed by atoms with Crippen LogP contribution in [0.25, 0.3) is 0 Å². The second kappa shape index (κ2) is 7.88. The second-order valence-corrected chi connectivity index (χ2v) is 6.38. The molecule has 2 fully saturated rings. The first kappa shape index (κ1) is 17.8. The summed E-state index contributed by atoms with van der Waals surface area (Å²) in [6.45, 7) is 5.01. The van der Waals surface area contributed by atoms with Crippen molar-refractivity contribution in [3.05, 3.63) is 35.4 Å². The SMILES string of the molecule is O=C(NCC(=O)N1CCC(N2CCNCC2)C1)c1ccc(F)cc1F. The lowest BCUT2D eigenvalue weighted by Crippen LogP contribution is -2.49. The zero-order valence-corrected chi connectivity index (χ0v) is 13.9. The molecular weight excluding hydrogens is 330 g/mol. The minimum Gasteiger partial charge on any atom is -0.343 e. The van der Waals surface area contributed by atoms with Crippen molar-refractivity contribution in [2.45, 2.75) is 12.5 Å². The molecule has 1 aromatic rings. The summed E-state index contributed by atoms with van der Waals surface area (Å²) in [6, 6.07) is 3.09. The number of piperazine rings is 1. The van der Waals surface area contributed by atoms with Crippen molar-refractivity contribution in [1.29, 1.82) is 0 Å². The molecule has 0 bridgehead atoms. The molecule has 2 N–H and O–H groups in total.